The lowest BCUT2D eigenvalue weighted by Gasteiger charge is -2.21. The second kappa shape index (κ2) is 5.85. The van der Waals surface area contributed by atoms with Crippen molar-refractivity contribution in [3.63, 3.8) is 0 Å². The van der Waals surface area contributed by atoms with Crippen molar-refractivity contribution < 1.29 is 0 Å². The molecule has 5 nitrogen and oxygen atoms in total. The first-order chi connectivity index (χ1) is 10.1. The average Bonchev–Trinajstić information content (AvgIpc) is 2.73. The maximum atomic E-state index is 11.6. The highest BCUT2D eigenvalue weighted by atomic mass is 16.2. The number of aromatic nitrogens is 2. The summed E-state index contributed by atoms with van der Waals surface area (Å²) in [6.45, 7) is 5.08. The molecule has 21 heavy (non-hydrogen) atoms. The van der Waals surface area contributed by atoms with E-state index in [1.807, 2.05) is 12.1 Å². The molecular formula is C16H21N3O2. The van der Waals surface area contributed by atoms with E-state index in [9.17, 15) is 9.59 Å². The van der Waals surface area contributed by atoms with E-state index in [0.29, 0.717) is 5.52 Å². The second-order valence-corrected chi connectivity index (χ2v) is 5.88. The summed E-state index contributed by atoms with van der Waals surface area (Å²) < 4.78 is 0. The fraction of sp³-hybridized carbons (Fsp3) is 0.500. The topological polar surface area (TPSA) is 69.0 Å². The number of aromatic amines is 2. The molecule has 2 heterocycles. The van der Waals surface area contributed by atoms with Crippen LogP contribution in [0.25, 0.3) is 11.0 Å². The van der Waals surface area contributed by atoms with Crippen molar-refractivity contribution in [3.05, 3.63) is 44.0 Å². The quantitative estimate of drug-likeness (QED) is 0.829. The number of H-pyrrole nitrogens is 2. The van der Waals surface area contributed by atoms with Gasteiger partial charge in [0.15, 0.2) is 0 Å². The summed E-state index contributed by atoms with van der Waals surface area (Å²) in [5.41, 5.74) is 2.56. The van der Waals surface area contributed by atoms with Crippen molar-refractivity contribution in [3.8, 4) is 0 Å². The van der Waals surface area contributed by atoms with Crippen LogP contribution in [-0.2, 0) is 6.54 Å². The number of likely N-dealkylation sites (tertiary alicyclic amines) is 1. The maximum Gasteiger partial charge on any atom is 0.314 e. The maximum absolute atomic E-state index is 11.6. The predicted octanol–water partition coefficient (Wildman–Crippen LogP) is 1.90. The Kier molecular flexibility index (Phi) is 3.92. The van der Waals surface area contributed by atoms with Gasteiger partial charge in [-0.15, -0.1) is 0 Å². The van der Waals surface area contributed by atoms with Gasteiger partial charge in [0.2, 0.25) is 0 Å². The highest BCUT2D eigenvalue weighted by Crippen LogP contribution is 2.21. The van der Waals surface area contributed by atoms with Gasteiger partial charge >= 0.3 is 11.1 Å². The fourth-order valence-electron chi connectivity index (χ4n) is 3.07. The molecule has 1 fully saturated rings. The molecule has 0 saturated carbocycles. The van der Waals surface area contributed by atoms with Crippen molar-refractivity contribution in [2.45, 2.75) is 39.2 Å². The Bertz CT molecular complexity index is 752. The molecule has 1 saturated heterocycles. The molecule has 0 atom stereocenters. The van der Waals surface area contributed by atoms with Crippen LogP contribution in [0.15, 0.2) is 21.7 Å². The van der Waals surface area contributed by atoms with E-state index in [0.717, 1.165) is 36.3 Å². The summed E-state index contributed by atoms with van der Waals surface area (Å²) in [4.78, 5) is 30.9. The summed E-state index contributed by atoms with van der Waals surface area (Å²) in [7, 11) is 0. The van der Waals surface area contributed by atoms with E-state index in [-0.39, 0.29) is 0 Å². The van der Waals surface area contributed by atoms with Gasteiger partial charge < -0.3 is 9.97 Å². The zero-order valence-corrected chi connectivity index (χ0v) is 12.4. The smallest absolute Gasteiger partial charge is 0.314 e. The largest absolute Gasteiger partial charge is 0.316 e. The van der Waals surface area contributed by atoms with Crippen molar-refractivity contribution in [2.24, 2.45) is 0 Å². The number of nitrogens with one attached hydrogen (secondary N) is 2. The molecule has 5 heteroatoms. The standard InChI is InChI=1S/C16H21N3O2/c1-11-6-7-13-14(18-16(21)15(20)17-13)12(11)10-19-8-4-2-3-5-9-19/h6-7H,2-5,8-10H2,1H3,(H,17,20)(H,18,21). The lowest BCUT2D eigenvalue weighted by atomic mass is 10.1. The molecule has 2 aromatic rings. The van der Waals surface area contributed by atoms with Crippen LogP contribution in [0.5, 0.6) is 0 Å². The first-order valence-electron chi connectivity index (χ1n) is 7.62. The van der Waals surface area contributed by atoms with Gasteiger partial charge in [0.25, 0.3) is 0 Å². The van der Waals surface area contributed by atoms with Crippen LogP contribution in [0.3, 0.4) is 0 Å². The van der Waals surface area contributed by atoms with Crippen LogP contribution in [0.1, 0.15) is 36.8 Å². The minimum absolute atomic E-state index is 0.579. The highest BCUT2D eigenvalue weighted by molar-refractivity contribution is 5.78. The van der Waals surface area contributed by atoms with Crippen molar-refractivity contribution >= 4 is 11.0 Å². The minimum atomic E-state index is -0.591. The number of hydrogen-bond donors (Lipinski definition) is 2. The van der Waals surface area contributed by atoms with Crippen LogP contribution in [0.2, 0.25) is 0 Å². The molecular weight excluding hydrogens is 266 g/mol. The Morgan fingerprint density at radius 3 is 2.38 bits per heavy atom. The van der Waals surface area contributed by atoms with Crippen molar-refractivity contribution in [1.29, 1.82) is 0 Å². The molecule has 1 aliphatic heterocycles. The third-order valence-corrected chi connectivity index (χ3v) is 4.32. The Morgan fingerprint density at radius 2 is 1.67 bits per heavy atom. The van der Waals surface area contributed by atoms with Crippen LogP contribution < -0.4 is 11.1 Å². The zero-order chi connectivity index (χ0) is 14.8. The molecule has 0 amide bonds. The molecule has 0 spiro atoms. The lowest BCUT2D eigenvalue weighted by molar-refractivity contribution is 0.277. The summed E-state index contributed by atoms with van der Waals surface area (Å²) in [6.07, 6.45) is 5.07. The minimum Gasteiger partial charge on any atom is -0.316 e. The molecule has 0 aliphatic carbocycles. The average molecular weight is 287 g/mol. The normalized spacial score (nSPS) is 17.0. The van der Waals surface area contributed by atoms with Gasteiger partial charge in [-0.1, -0.05) is 18.9 Å². The molecule has 2 N–H and O–H groups in total. The number of aryl methyl sites for hydroxylation is 1. The molecule has 3 rings (SSSR count). The zero-order valence-electron chi connectivity index (χ0n) is 12.4. The van der Waals surface area contributed by atoms with E-state index in [1.165, 1.54) is 25.7 Å². The fourth-order valence-corrected chi connectivity index (χ4v) is 3.07. The van der Waals surface area contributed by atoms with Crippen LogP contribution in [-0.4, -0.2) is 28.0 Å². The number of nitrogens with zero attached hydrogens (tertiary/aromatic N) is 1. The number of benzene rings is 1. The Labute approximate surface area is 123 Å². The van der Waals surface area contributed by atoms with Gasteiger partial charge in [-0.3, -0.25) is 14.5 Å². The first kappa shape index (κ1) is 14.1. The summed E-state index contributed by atoms with van der Waals surface area (Å²) in [6, 6.07) is 3.86. The number of rotatable bonds is 2. The molecule has 0 unspecified atom stereocenters. The molecule has 112 valence electrons. The van der Waals surface area contributed by atoms with Gasteiger partial charge in [0, 0.05) is 6.54 Å². The van der Waals surface area contributed by atoms with E-state index >= 15 is 0 Å². The van der Waals surface area contributed by atoms with Gasteiger partial charge in [-0.2, -0.15) is 0 Å². The van der Waals surface area contributed by atoms with Crippen molar-refractivity contribution in [2.75, 3.05) is 13.1 Å². The Hall–Kier alpha value is -1.88. The third kappa shape index (κ3) is 2.93. The Morgan fingerprint density at radius 1 is 1.00 bits per heavy atom. The summed E-state index contributed by atoms with van der Waals surface area (Å²) in [5, 5.41) is 0. The summed E-state index contributed by atoms with van der Waals surface area (Å²) in [5.74, 6) is 0. The molecule has 1 aromatic heterocycles. The van der Waals surface area contributed by atoms with Gasteiger partial charge in [0.05, 0.1) is 11.0 Å². The number of hydrogen-bond acceptors (Lipinski definition) is 3. The Balaban J connectivity index is 2.03. The second-order valence-electron chi connectivity index (χ2n) is 5.88. The predicted molar refractivity (Wildman–Crippen MR) is 83.7 cm³/mol. The lowest BCUT2D eigenvalue weighted by Crippen LogP contribution is -2.30. The van der Waals surface area contributed by atoms with E-state index < -0.39 is 11.1 Å². The number of fused-ring (bicyclic) bond motifs is 1. The molecule has 0 bridgehead atoms. The molecule has 0 radical (unpaired) electrons. The summed E-state index contributed by atoms with van der Waals surface area (Å²) >= 11 is 0. The van der Waals surface area contributed by atoms with Crippen LogP contribution in [0, 0.1) is 6.92 Å². The van der Waals surface area contributed by atoms with Gasteiger partial charge in [-0.25, -0.2) is 0 Å². The third-order valence-electron chi connectivity index (χ3n) is 4.32. The van der Waals surface area contributed by atoms with Crippen LogP contribution >= 0.6 is 0 Å². The van der Waals surface area contributed by atoms with Crippen molar-refractivity contribution in [1.82, 2.24) is 14.9 Å². The van der Waals surface area contributed by atoms with E-state index in [4.69, 9.17) is 0 Å². The molecule has 1 aromatic carbocycles. The van der Waals surface area contributed by atoms with Crippen LogP contribution in [0.4, 0.5) is 0 Å². The van der Waals surface area contributed by atoms with Gasteiger partial charge in [0.1, 0.15) is 0 Å². The van der Waals surface area contributed by atoms with E-state index in [1.54, 1.807) is 0 Å². The molecule has 1 aliphatic rings. The monoisotopic (exact) mass is 287 g/mol. The van der Waals surface area contributed by atoms with Gasteiger partial charge in [-0.05, 0) is 50.0 Å². The first-order valence-corrected chi connectivity index (χ1v) is 7.62. The highest BCUT2D eigenvalue weighted by Gasteiger charge is 2.14. The SMILES string of the molecule is Cc1ccc2[nH]c(=O)c(=O)[nH]c2c1CN1CCCCCC1. The van der Waals surface area contributed by atoms with E-state index in [2.05, 4.69) is 21.8 Å².